The maximum Gasteiger partial charge on any atom is 0.289 e. The summed E-state index contributed by atoms with van der Waals surface area (Å²) in [4.78, 5) is 75.5. The van der Waals surface area contributed by atoms with Crippen LogP contribution in [0.2, 0.25) is 5.02 Å². The Kier molecular flexibility index (Phi) is 11.4. The first-order chi connectivity index (χ1) is 23.2. The summed E-state index contributed by atoms with van der Waals surface area (Å²) in [6.45, 7) is 9.53. The predicted octanol–water partition coefficient (Wildman–Crippen LogP) is 4.75. The monoisotopic (exact) mass is 697 g/mol. The van der Waals surface area contributed by atoms with Gasteiger partial charge in [0.2, 0.25) is 23.5 Å². The third-order valence-corrected chi connectivity index (χ3v) is 10.4. The number of amides is 4. The SMILES string of the molecule is CCC[C@H](NC(=O)[C@@H]1C[C@]2(CC(c3cc(C)cc(Cl)c3)=NO2)CN1C(=O)[C@@H](NC(=O)CC1CCCCC1)C(C)(C)C)C(=O)C(=O)NC1CC1. The van der Waals surface area contributed by atoms with E-state index in [1.807, 2.05) is 52.8 Å². The first-order valence-electron chi connectivity index (χ1n) is 18.0. The first-order valence-corrected chi connectivity index (χ1v) is 18.3. The molecule has 1 saturated heterocycles. The van der Waals surface area contributed by atoms with Crippen LogP contribution in [0, 0.1) is 18.3 Å². The number of aryl methyl sites for hydroxylation is 1. The molecule has 268 valence electrons. The number of nitrogens with zero attached hydrogens (tertiary/aromatic N) is 2. The Morgan fingerprint density at radius 3 is 2.39 bits per heavy atom. The van der Waals surface area contributed by atoms with Crippen molar-refractivity contribution >= 4 is 46.7 Å². The van der Waals surface area contributed by atoms with Crippen molar-refractivity contribution in [3.8, 4) is 0 Å². The van der Waals surface area contributed by atoms with Gasteiger partial charge in [0.05, 0.1) is 18.3 Å². The van der Waals surface area contributed by atoms with Crippen molar-refractivity contribution in [3.05, 3.63) is 34.3 Å². The highest BCUT2D eigenvalue weighted by atomic mass is 35.5. The van der Waals surface area contributed by atoms with Gasteiger partial charge in [-0.25, -0.2) is 0 Å². The molecule has 2 aliphatic carbocycles. The van der Waals surface area contributed by atoms with Crippen molar-refractivity contribution in [1.82, 2.24) is 20.9 Å². The molecule has 2 heterocycles. The van der Waals surface area contributed by atoms with Gasteiger partial charge in [-0.05, 0) is 74.1 Å². The number of hydrogen-bond donors (Lipinski definition) is 3. The molecule has 11 nitrogen and oxygen atoms in total. The van der Waals surface area contributed by atoms with E-state index in [1.54, 1.807) is 0 Å². The Morgan fingerprint density at radius 1 is 1.04 bits per heavy atom. The van der Waals surface area contributed by atoms with Gasteiger partial charge in [-0.2, -0.15) is 0 Å². The van der Waals surface area contributed by atoms with Crippen LogP contribution in [0.1, 0.15) is 116 Å². The summed E-state index contributed by atoms with van der Waals surface area (Å²) in [6, 6.07) is 2.64. The Hall–Kier alpha value is -3.47. The number of nitrogens with one attached hydrogen (secondary N) is 3. The molecule has 0 bridgehead atoms. The summed E-state index contributed by atoms with van der Waals surface area (Å²) in [5.41, 5.74) is 0.731. The van der Waals surface area contributed by atoms with E-state index in [1.165, 1.54) is 11.3 Å². The minimum Gasteiger partial charge on any atom is -0.387 e. The maximum atomic E-state index is 14.6. The number of benzene rings is 1. The van der Waals surface area contributed by atoms with E-state index in [2.05, 4.69) is 21.1 Å². The molecule has 4 aliphatic rings. The van der Waals surface area contributed by atoms with Crippen LogP contribution in [0.3, 0.4) is 0 Å². The Bertz CT molecular complexity index is 1460. The number of rotatable bonds is 12. The van der Waals surface area contributed by atoms with Crippen molar-refractivity contribution in [2.24, 2.45) is 16.5 Å². The summed E-state index contributed by atoms with van der Waals surface area (Å²) in [5, 5.41) is 13.5. The summed E-state index contributed by atoms with van der Waals surface area (Å²) >= 11 is 6.35. The van der Waals surface area contributed by atoms with Crippen LogP contribution in [-0.4, -0.2) is 76.3 Å². The predicted molar refractivity (Wildman–Crippen MR) is 187 cm³/mol. The molecule has 49 heavy (non-hydrogen) atoms. The number of likely N-dealkylation sites (tertiary alicyclic amines) is 1. The molecule has 12 heteroatoms. The zero-order valence-electron chi connectivity index (χ0n) is 29.5. The van der Waals surface area contributed by atoms with E-state index in [-0.39, 0.29) is 31.3 Å². The molecule has 0 unspecified atom stereocenters. The van der Waals surface area contributed by atoms with Gasteiger partial charge < -0.3 is 25.7 Å². The minimum absolute atomic E-state index is 0.00289. The summed E-state index contributed by atoms with van der Waals surface area (Å²) in [5.74, 6) is -2.24. The molecule has 5 rings (SSSR count). The van der Waals surface area contributed by atoms with Gasteiger partial charge >= 0.3 is 0 Å². The second-order valence-electron chi connectivity index (χ2n) is 15.7. The van der Waals surface area contributed by atoms with Crippen molar-refractivity contribution in [1.29, 1.82) is 0 Å². The summed E-state index contributed by atoms with van der Waals surface area (Å²) < 4.78 is 0. The normalized spacial score (nSPS) is 23.8. The average molecular weight is 698 g/mol. The second kappa shape index (κ2) is 15.2. The number of carbonyl (C=O) groups excluding carboxylic acids is 5. The number of ketones is 1. The fourth-order valence-corrected chi connectivity index (χ4v) is 7.63. The third kappa shape index (κ3) is 9.21. The number of hydrogen-bond acceptors (Lipinski definition) is 7. The van der Waals surface area contributed by atoms with Gasteiger partial charge in [0.15, 0.2) is 5.60 Å². The number of oxime groups is 1. The summed E-state index contributed by atoms with van der Waals surface area (Å²) in [7, 11) is 0. The standard InChI is InChI=1S/C37H52ClN5O6/c1-6-10-27(31(45)34(47)39-26-13-14-26)40-33(46)29-20-37(19-28(42-49-37)24-15-22(2)16-25(38)18-24)21-43(29)35(48)32(36(3,4)5)41-30(44)17-23-11-8-7-9-12-23/h15-16,18,23,26-27,29,32H,6-14,17,19-21H2,1-5H3,(H,39,47)(H,40,46)(H,41,44)/t27-,29-,32+,37+/m0/s1. The Morgan fingerprint density at radius 2 is 1.76 bits per heavy atom. The summed E-state index contributed by atoms with van der Waals surface area (Å²) in [6.07, 6.45) is 8.69. The molecule has 1 spiro atoms. The molecule has 2 saturated carbocycles. The van der Waals surface area contributed by atoms with E-state index in [0.29, 0.717) is 35.9 Å². The van der Waals surface area contributed by atoms with Gasteiger partial charge in [0.1, 0.15) is 12.1 Å². The smallest absolute Gasteiger partial charge is 0.289 e. The highest BCUT2D eigenvalue weighted by molar-refractivity contribution is 6.38. The number of Topliss-reactive ketones (excluding diaryl/α,β-unsaturated/α-hetero) is 1. The zero-order chi connectivity index (χ0) is 35.5. The highest BCUT2D eigenvalue weighted by Crippen LogP contribution is 2.40. The number of carbonyl (C=O) groups is 5. The lowest BCUT2D eigenvalue weighted by Crippen LogP contribution is -2.59. The highest BCUT2D eigenvalue weighted by Gasteiger charge is 2.55. The van der Waals surface area contributed by atoms with E-state index in [0.717, 1.165) is 49.7 Å². The van der Waals surface area contributed by atoms with E-state index in [4.69, 9.17) is 16.4 Å². The van der Waals surface area contributed by atoms with Crippen LogP contribution in [0.15, 0.2) is 23.4 Å². The van der Waals surface area contributed by atoms with Gasteiger partial charge in [0, 0.05) is 35.9 Å². The average Bonchev–Trinajstić information content (AvgIpc) is 3.63. The van der Waals surface area contributed by atoms with Crippen molar-refractivity contribution < 1.29 is 28.8 Å². The maximum absolute atomic E-state index is 14.6. The Labute approximate surface area is 294 Å². The topological polar surface area (TPSA) is 146 Å². The molecule has 4 atom stereocenters. The Balaban J connectivity index is 1.39. The quantitative estimate of drug-likeness (QED) is 0.269. The molecular weight excluding hydrogens is 646 g/mol. The molecule has 1 aromatic rings. The minimum atomic E-state index is -1.04. The van der Waals surface area contributed by atoms with Crippen LogP contribution in [-0.2, 0) is 28.8 Å². The van der Waals surface area contributed by atoms with Crippen molar-refractivity contribution in [2.75, 3.05) is 6.54 Å². The molecule has 0 aromatic heterocycles. The van der Waals surface area contributed by atoms with E-state index < -0.39 is 52.6 Å². The third-order valence-electron chi connectivity index (χ3n) is 10.2. The van der Waals surface area contributed by atoms with E-state index in [9.17, 15) is 24.0 Å². The first kappa shape index (κ1) is 36.8. The van der Waals surface area contributed by atoms with Crippen molar-refractivity contribution in [2.45, 2.75) is 141 Å². The van der Waals surface area contributed by atoms with Crippen LogP contribution in [0.25, 0.3) is 0 Å². The molecule has 3 fully saturated rings. The second-order valence-corrected chi connectivity index (χ2v) is 16.2. The molecule has 0 radical (unpaired) electrons. The fraction of sp³-hybridized carbons (Fsp3) is 0.676. The largest absolute Gasteiger partial charge is 0.387 e. The van der Waals surface area contributed by atoms with Crippen LogP contribution >= 0.6 is 11.6 Å². The molecule has 4 amide bonds. The lowest BCUT2D eigenvalue weighted by atomic mass is 9.84. The molecular formula is C37H52ClN5O6. The van der Waals surface area contributed by atoms with Crippen molar-refractivity contribution in [3.63, 3.8) is 0 Å². The van der Waals surface area contributed by atoms with Gasteiger partial charge in [-0.15, -0.1) is 0 Å². The molecule has 1 aromatic carbocycles. The zero-order valence-corrected chi connectivity index (χ0v) is 30.3. The molecule has 3 N–H and O–H groups in total. The lowest BCUT2D eigenvalue weighted by molar-refractivity contribution is -0.145. The van der Waals surface area contributed by atoms with Gasteiger partial charge in [0.25, 0.3) is 5.91 Å². The van der Waals surface area contributed by atoms with Crippen LogP contribution in [0.5, 0.6) is 0 Å². The van der Waals surface area contributed by atoms with Crippen LogP contribution in [0.4, 0.5) is 0 Å². The van der Waals surface area contributed by atoms with Gasteiger partial charge in [-0.3, -0.25) is 24.0 Å². The number of halogens is 1. The van der Waals surface area contributed by atoms with E-state index >= 15 is 0 Å². The lowest BCUT2D eigenvalue weighted by Gasteiger charge is -2.36. The molecule has 2 aliphatic heterocycles. The fourth-order valence-electron chi connectivity index (χ4n) is 7.34. The van der Waals surface area contributed by atoms with Gasteiger partial charge in [-0.1, -0.05) is 70.1 Å². The van der Waals surface area contributed by atoms with Crippen LogP contribution < -0.4 is 16.0 Å².